The molecular formula is C32H51NO10. The highest BCUT2D eigenvalue weighted by atomic mass is 16.6. The largest absolute Gasteiger partial charge is 0.455 e. The summed E-state index contributed by atoms with van der Waals surface area (Å²) in [6.07, 6.45) is -1.98. The van der Waals surface area contributed by atoms with Gasteiger partial charge < -0.3 is 29.2 Å². The zero-order valence-electron chi connectivity index (χ0n) is 27.4. The van der Waals surface area contributed by atoms with E-state index in [1.165, 1.54) is 19.9 Å². The molecule has 2 aliphatic carbocycles. The quantitative estimate of drug-likeness (QED) is 0.226. The first-order chi connectivity index (χ1) is 19.6. The van der Waals surface area contributed by atoms with Crippen molar-refractivity contribution in [1.29, 1.82) is 0 Å². The van der Waals surface area contributed by atoms with Gasteiger partial charge in [-0.1, -0.05) is 26.8 Å². The molecule has 0 aromatic carbocycles. The molecule has 244 valence electrons. The highest BCUT2D eigenvalue weighted by molar-refractivity contribution is 5.92. The molecule has 43 heavy (non-hydrogen) atoms. The van der Waals surface area contributed by atoms with E-state index in [1.54, 1.807) is 13.8 Å². The molecule has 1 saturated heterocycles. The van der Waals surface area contributed by atoms with Crippen molar-refractivity contribution in [3.05, 3.63) is 12.7 Å². The van der Waals surface area contributed by atoms with Crippen molar-refractivity contribution < 1.29 is 48.3 Å². The van der Waals surface area contributed by atoms with Gasteiger partial charge in [0, 0.05) is 36.8 Å². The number of ketones is 1. The number of carbonyl (C=O) groups is 4. The minimum atomic E-state index is -2.34. The summed E-state index contributed by atoms with van der Waals surface area (Å²) in [5.41, 5.74) is -7.85. The van der Waals surface area contributed by atoms with Crippen LogP contribution in [-0.4, -0.2) is 99.2 Å². The first-order valence-electron chi connectivity index (χ1n) is 15.2. The summed E-state index contributed by atoms with van der Waals surface area (Å²) in [4.78, 5) is 54.5. The van der Waals surface area contributed by atoms with Crippen LogP contribution in [0.3, 0.4) is 0 Å². The Morgan fingerprint density at radius 2 is 1.65 bits per heavy atom. The van der Waals surface area contributed by atoms with Crippen molar-refractivity contribution in [2.75, 3.05) is 13.2 Å². The van der Waals surface area contributed by atoms with Gasteiger partial charge >= 0.3 is 17.9 Å². The molecule has 2 saturated carbocycles. The number of Topliss-reactive ketones (excluding diaryl/α,β-unsaturated/α-hetero) is 1. The van der Waals surface area contributed by atoms with Crippen molar-refractivity contribution in [2.24, 2.45) is 16.7 Å². The van der Waals surface area contributed by atoms with Crippen molar-refractivity contribution in [3.63, 3.8) is 0 Å². The summed E-state index contributed by atoms with van der Waals surface area (Å²) < 4.78 is 23.6. The number of fused-ring (bicyclic) bond motifs is 3. The molecule has 0 aromatic heterocycles. The number of ether oxygens (including phenoxy) is 4. The molecule has 0 spiro atoms. The Morgan fingerprint density at radius 1 is 1.07 bits per heavy atom. The molecule has 11 heteroatoms. The van der Waals surface area contributed by atoms with Crippen LogP contribution >= 0.6 is 0 Å². The van der Waals surface area contributed by atoms with Crippen LogP contribution in [0.4, 0.5) is 0 Å². The lowest BCUT2D eigenvalue weighted by Crippen LogP contribution is -2.87. The second-order valence-electron chi connectivity index (χ2n) is 14.3. The molecule has 11 nitrogen and oxygen atoms in total. The Balaban J connectivity index is 2.08. The standard InChI is InChI=1S/C32H51NO10/c1-12-29(9)15-22(36)32(39)30(10)21(35)13-14-28(7,8)26(30)25(27(41-20(6)34)31(32,11)43-29)42-24(38)17-40-23(37)16-33(18(2)3)19(4)5/h12,18-19,21,25-27,35,39H,1,13-17H2,2-11H3/t21-,25-,26-,27-,29-,30-,31+,32-/m0/s1. The molecule has 0 aromatic rings. The van der Waals surface area contributed by atoms with E-state index in [0.29, 0.717) is 6.42 Å². The molecule has 0 amide bonds. The highest BCUT2D eigenvalue weighted by Crippen LogP contribution is 2.67. The van der Waals surface area contributed by atoms with Gasteiger partial charge in [-0.2, -0.15) is 0 Å². The maximum Gasteiger partial charge on any atom is 0.344 e. The van der Waals surface area contributed by atoms with Gasteiger partial charge in [0.25, 0.3) is 0 Å². The molecule has 2 N–H and O–H groups in total. The molecule has 1 aliphatic heterocycles. The number of rotatable bonds is 9. The van der Waals surface area contributed by atoms with Gasteiger partial charge in [0.1, 0.15) is 11.7 Å². The van der Waals surface area contributed by atoms with E-state index in [-0.39, 0.29) is 31.5 Å². The number of aliphatic hydroxyl groups excluding tert-OH is 1. The first kappa shape index (κ1) is 35.1. The van der Waals surface area contributed by atoms with Crippen molar-refractivity contribution in [3.8, 4) is 0 Å². The maximum atomic E-state index is 14.1. The smallest absolute Gasteiger partial charge is 0.344 e. The summed E-state index contributed by atoms with van der Waals surface area (Å²) >= 11 is 0. The van der Waals surface area contributed by atoms with E-state index in [9.17, 15) is 29.4 Å². The number of hydrogen-bond acceptors (Lipinski definition) is 11. The topological polar surface area (TPSA) is 149 Å². The van der Waals surface area contributed by atoms with E-state index in [1.807, 2.05) is 46.4 Å². The summed E-state index contributed by atoms with van der Waals surface area (Å²) in [7, 11) is 0. The second-order valence-corrected chi connectivity index (χ2v) is 14.3. The molecule has 1 heterocycles. The fourth-order valence-electron chi connectivity index (χ4n) is 8.22. The van der Waals surface area contributed by atoms with E-state index in [4.69, 9.17) is 18.9 Å². The Morgan fingerprint density at radius 3 is 2.16 bits per heavy atom. The minimum absolute atomic E-state index is 0.0246. The van der Waals surface area contributed by atoms with Gasteiger partial charge in [-0.05, 0) is 59.8 Å². The lowest BCUT2D eigenvalue weighted by molar-refractivity contribution is -0.371. The van der Waals surface area contributed by atoms with Crippen LogP contribution in [0.5, 0.6) is 0 Å². The van der Waals surface area contributed by atoms with Crippen LogP contribution in [0, 0.1) is 16.7 Å². The SMILES string of the molecule is C=C[C@@]1(C)CC(=O)[C@]2(O)[C@@]3(C)[C@@H](O)CCC(C)(C)[C@@H]3[C@H](OC(=O)COC(=O)CN(C(C)C)C(C)C)[C@H](OC(C)=O)[C@@]2(C)O1. The normalized spacial score (nSPS) is 38.7. The Bertz CT molecular complexity index is 1130. The van der Waals surface area contributed by atoms with Gasteiger partial charge in [-0.15, -0.1) is 6.58 Å². The summed E-state index contributed by atoms with van der Waals surface area (Å²) in [5.74, 6) is -3.73. The molecule has 3 rings (SSSR count). The number of nitrogens with zero attached hydrogens (tertiary/aromatic N) is 1. The van der Waals surface area contributed by atoms with Gasteiger partial charge in [0.2, 0.25) is 0 Å². The van der Waals surface area contributed by atoms with Gasteiger partial charge in [-0.3, -0.25) is 19.3 Å². The minimum Gasteiger partial charge on any atom is -0.455 e. The summed E-state index contributed by atoms with van der Waals surface area (Å²) in [5, 5.41) is 24.2. The van der Waals surface area contributed by atoms with Crippen LogP contribution in [-0.2, 0) is 38.1 Å². The lowest BCUT2D eigenvalue weighted by atomic mass is 9.39. The van der Waals surface area contributed by atoms with Gasteiger partial charge in [0.15, 0.2) is 24.1 Å². The van der Waals surface area contributed by atoms with E-state index in [0.717, 1.165) is 0 Å². The van der Waals surface area contributed by atoms with Crippen molar-refractivity contribution >= 4 is 23.7 Å². The lowest BCUT2D eigenvalue weighted by Gasteiger charge is -2.71. The average molecular weight is 610 g/mol. The molecule has 3 fully saturated rings. The molecule has 0 bridgehead atoms. The van der Waals surface area contributed by atoms with E-state index >= 15 is 0 Å². The third-order valence-electron chi connectivity index (χ3n) is 10.3. The zero-order chi connectivity index (χ0) is 32.9. The number of esters is 3. The second kappa shape index (κ2) is 11.9. The van der Waals surface area contributed by atoms with Crippen LogP contribution in [0.15, 0.2) is 12.7 Å². The Kier molecular flexibility index (Phi) is 9.70. The maximum absolute atomic E-state index is 14.1. The Labute approximate surface area is 255 Å². The molecule has 0 unspecified atom stereocenters. The van der Waals surface area contributed by atoms with Crippen LogP contribution in [0.25, 0.3) is 0 Å². The molecule has 3 aliphatic rings. The van der Waals surface area contributed by atoms with Crippen molar-refractivity contribution in [1.82, 2.24) is 4.90 Å². The number of aliphatic hydroxyl groups is 2. The third kappa shape index (κ3) is 5.78. The summed E-state index contributed by atoms with van der Waals surface area (Å²) in [6, 6.07) is 0.144. The van der Waals surface area contributed by atoms with Crippen LogP contribution in [0.1, 0.15) is 88.5 Å². The first-order valence-corrected chi connectivity index (χ1v) is 15.2. The molecule has 0 radical (unpaired) electrons. The highest BCUT2D eigenvalue weighted by Gasteiger charge is 2.82. The van der Waals surface area contributed by atoms with E-state index < -0.39 is 82.2 Å². The molecule has 8 atom stereocenters. The monoisotopic (exact) mass is 609 g/mol. The van der Waals surface area contributed by atoms with E-state index in [2.05, 4.69) is 6.58 Å². The van der Waals surface area contributed by atoms with Crippen molar-refractivity contribution in [2.45, 2.75) is 136 Å². The number of hydrogen-bond donors (Lipinski definition) is 2. The number of carbonyl (C=O) groups excluding carboxylic acids is 4. The van der Waals surface area contributed by atoms with Gasteiger partial charge in [0.05, 0.1) is 18.2 Å². The van der Waals surface area contributed by atoms with Gasteiger partial charge in [-0.25, -0.2) is 4.79 Å². The predicted molar refractivity (Wildman–Crippen MR) is 157 cm³/mol. The fourth-order valence-corrected chi connectivity index (χ4v) is 8.22. The molecular weight excluding hydrogens is 558 g/mol. The predicted octanol–water partition coefficient (Wildman–Crippen LogP) is 2.73. The fraction of sp³-hybridized carbons (Fsp3) is 0.812. The van der Waals surface area contributed by atoms with Crippen LogP contribution in [0.2, 0.25) is 0 Å². The zero-order valence-corrected chi connectivity index (χ0v) is 27.4. The van der Waals surface area contributed by atoms with Crippen LogP contribution < -0.4 is 0 Å². The Hall–Kier alpha value is -2.34. The summed E-state index contributed by atoms with van der Waals surface area (Å²) in [6.45, 7) is 20.5. The third-order valence-corrected chi connectivity index (χ3v) is 10.3. The average Bonchev–Trinajstić information content (AvgIpc) is 2.88.